The lowest BCUT2D eigenvalue weighted by molar-refractivity contribution is 0.302. The lowest BCUT2D eigenvalue weighted by Crippen LogP contribution is -2.09. The molecule has 3 nitrogen and oxygen atoms in total. The molecule has 0 bridgehead atoms. The van der Waals surface area contributed by atoms with Gasteiger partial charge in [0.2, 0.25) is 0 Å². The van der Waals surface area contributed by atoms with E-state index in [0.29, 0.717) is 6.61 Å². The van der Waals surface area contributed by atoms with Crippen LogP contribution in [0.1, 0.15) is 22.3 Å². The van der Waals surface area contributed by atoms with Crippen molar-refractivity contribution in [2.75, 3.05) is 5.01 Å². The summed E-state index contributed by atoms with van der Waals surface area (Å²) in [5, 5.41) is 6.70. The largest absolute Gasteiger partial charge is 0.488 e. The molecule has 0 heterocycles. The van der Waals surface area contributed by atoms with E-state index < -0.39 is 0 Å². The predicted molar refractivity (Wildman–Crippen MR) is 129 cm³/mol. The van der Waals surface area contributed by atoms with Crippen LogP contribution >= 0.6 is 0 Å². The number of anilines is 2. The predicted octanol–water partition coefficient (Wildman–Crippen LogP) is 7.19. The highest BCUT2D eigenvalue weighted by atomic mass is 19.1. The number of hydrazone groups is 1. The fourth-order valence-corrected chi connectivity index (χ4v) is 3.57. The van der Waals surface area contributed by atoms with Crippen LogP contribution in [0.3, 0.4) is 0 Å². The smallest absolute Gasteiger partial charge is 0.125 e. The van der Waals surface area contributed by atoms with Crippen LogP contribution in [-0.4, -0.2) is 6.21 Å². The molecule has 4 aromatic rings. The quantitative estimate of drug-likeness (QED) is 0.232. The first kappa shape index (κ1) is 21.3. The number of benzene rings is 4. The second-order valence-electron chi connectivity index (χ2n) is 7.63. The summed E-state index contributed by atoms with van der Waals surface area (Å²) >= 11 is 0. The van der Waals surface area contributed by atoms with E-state index >= 15 is 0 Å². The van der Waals surface area contributed by atoms with Gasteiger partial charge in [-0.1, -0.05) is 48.5 Å². The standard InChI is InChI=1S/C28H25FN2O/c1-21-17-24(18-22(2)28(21)32-20-23-13-15-25(29)16-14-23)19-30-31(26-9-5-3-6-10-26)27-11-7-4-8-12-27/h3-19H,20H2,1-2H3/b30-19-. The van der Waals surface area contributed by atoms with Crippen LogP contribution in [0.15, 0.2) is 102 Å². The molecule has 0 aliphatic rings. The fraction of sp³-hybridized carbons (Fsp3) is 0.107. The molecule has 4 heteroatoms. The molecule has 0 radical (unpaired) electrons. The van der Waals surface area contributed by atoms with Gasteiger partial charge in [0, 0.05) is 0 Å². The van der Waals surface area contributed by atoms with E-state index in [1.165, 1.54) is 12.1 Å². The lowest BCUT2D eigenvalue weighted by atomic mass is 10.1. The number of ether oxygens (including phenoxy) is 1. The van der Waals surface area contributed by atoms with E-state index in [1.807, 2.05) is 85.7 Å². The molecule has 0 saturated heterocycles. The highest BCUT2D eigenvalue weighted by Crippen LogP contribution is 2.27. The van der Waals surface area contributed by atoms with Gasteiger partial charge in [0.15, 0.2) is 0 Å². The Morgan fingerprint density at radius 3 is 1.84 bits per heavy atom. The summed E-state index contributed by atoms with van der Waals surface area (Å²) in [6.07, 6.45) is 1.86. The molecule has 0 saturated carbocycles. The number of para-hydroxylation sites is 2. The monoisotopic (exact) mass is 424 g/mol. The van der Waals surface area contributed by atoms with Crippen LogP contribution in [0, 0.1) is 19.7 Å². The summed E-state index contributed by atoms with van der Waals surface area (Å²) in [7, 11) is 0. The van der Waals surface area contributed by atoms with E-state index in [1.54, 1.807) is 12.1 Å². The van der Waals surface area contributed by atoms with E-state index in [2.05, 4.69) is 12.1 Å². The summed E-state index contributed by atoms with van der Waals surface area (Å²) in [5.41, 5.74) is 5.95. The summed E-state index contributed by atoms with van der Waals surface area (Å²) in [5.74, 6) is 0.597. The van der Waals surface area contributed by atoms with Crippen molar-refractivity contribution in [3.05, 3.63) is 125 Å². The molecule has 0 aromatic heterocycles. The van der Waals surface area contributed by atoms with Gasteiger partial charge in [-0.2, -0.15) is 5.10 Å². The van der Waals surface area contributed by atoms with Gasteiger partial charge in [-0.25, -0.2) is 9.40 Å². The molecule has 32 heavy (non-hydrogen) atoms. The van der Waals surface area contributed by atoms with Crippen molar-refractivity contribution in [3.8, 4) is 5.75 Å². The molecular weight excluding hydrogens is 399 g/mol. The highest BCUT2D eigenvalue weighted by molar-refractivity contribution is 5.83. The minimum absolute atomic E-state index is 0.246. The van der Waals surface area contributed by atoms with Gasteiger partial charge < -0.3 is 4.74 Å². The van der Waals surface area contributed by atoms with Gasteiger partial charge in [0.05, 0.1) is 17.6 Å². The third-order valence-corrected chi connectivity index (χ3v) is 5.10. The Balaban J connectivity index is 1.55. The van der Waals surface area contributed by atoms with E-state index in [4.69, 9.17) is 9.84 Å². The SMILES string of the molecule is Cc1cc(/C=N\N(c2ccccc2)c2ccccc2)cc(C)c1OCc1ccc(F)cc1. The average Bonchev–Trinajstić information content (AvgIpc) is 2.81. The number of aryl methyl sites for hydroxylation is 2. The Labute approximate surface area is 188 Å². The zero-order valence-electron chi connectivity index (χ0n) is 18.2. The van der Waals surface area contributed by atoms with Crippen LogP contribution in [0.4, 0.5) is 15.8 Å². The van der Waals surface area contributed by atoms with Gasteiger partial charge >= 0.3 is 0 Å². The number of hydrogen-bond donors (Lipinski definition) is 0. The van der Waals surface area contributed by atoms with Gasteiger partial charge in [0.1, 0.15) is 18.2 Å². The number of hydrogen-bond acceptors (Lipinski definition) is 3. The Morgan fingerprint density at radius 2 is 1.31 bits per heavy atom. The molecule has 0 aliphatic carbocycles. The molecule has 160 valence electrons. The first-order chi connectivity index (χ1) is 15.6. The minimum atomic E-state index is -0.246. The number of rotatable bonds is 7. The van der Waals surface area contributed by atoms with Crippen LogP contribution in [0.5, 0.6) is 5.75 Å². The van der Waals surface area contributed by atoms with E-state index in [-0.39, 0.29) is 5.82 Å². The van der Waals surface area contributed by atoms with Gasteiger partial charge in [-0.15, -0.1) is 0 Å². The van der Waals surface area contributed by atoms with Crippen LogP contribution in [0.2, 0.25) is 0 Å². The topological polar surface area (TPSA) is 24.8 Å². The number of halogens is 1. The first-order valence-corrected chi connectivity index (χ1v) is 10.5. The van der Waals surface area contributed by atoms with Crippen LogP contribution in [0.25, 0.3) is 0 Å². The maximum atomic E-state index is 13.1. The summed E-state index contributed by atoms with van der Waals surface area (Å²) in [6, 6.07) is 30.6. The number of nitrogens with zero attached hydrogens (tertiary/aromatic N) is 2. The van der Waals surface area contributed by atoms with E-state index in [0.717, 1.165) is 39.4 Å². The molecule has 0 atom stereocenters. The maximum absolute atomic E-state index is 13.1. The van der Waals surface area contributed by atoms with Gasteiger partial charge in [0.25, 0.3) is 0 Å². The minimum Gasteiger partial charge on any atom is -0.488 e. The Kier molecular flexibility index (Phi) is 6.61. The molecule has 4 rings (SSSR count). The second-order valence-corrected chi connectivity index (χ2v) is 7.63. The first-order valence-electron chi connectivity index (χ1n) is 10.5. The Hall–Kier alpha value is -3.92. The zero-order chi connectivity index (χ0) is 22.3. The summed E-state index contributed by atoms with van der Waals surface area (Å²) in [6.45, 7) is 4.44. The molecule has 4 aromatic carbocycles. The van der Waals surface area contributed by atoms with Crippen LogP contribution in [-0.2, 0) is 6.61 Å². The fourth-order valence-electron chi connectivity index (χ4n) is 3.57. The molecule has 0 amide bonds. The third-order valence-electron chi connectivity index (χ3n) is 5.10. The van der Waals surface area contributed by atoms with Crippen molar-refractivity contribution >= 4 is 17.6 Å². The van der Waals surface area contributed by atoms with Crippen molar-refractivity contribution in [3.63, 3.8) is 0 Å². The molecule has 0 unspecified atom stereocenters. The normalized spacial score (nSPS) is 11.0. The second kappa shape index (κ2) is 9.92. The Bertz CT molecular complexity index is 1130. The average molecular weight is 425 g/mol. The third kappa shape index (κ3) is 5.22. The van der Waals surface area contributed by atoms with Crippen molar-refractivity contribution in [2.24, 2.45) is 5.10 Å². The van der Waals surface area contributed by atoms with Crippen molar-refractivity contribution in [1.29, 1.82) is 0 Å². The zero-order valence-corrected chi connectivity index (χ0v) is 18.2. The van der Waals surface area contributed by atoms with E-state index in [9.17, 15) is 4.39 Å². The molecule has 0 N–H and O–H groups in total. The van der Waals surface area contributed by atoms with Gasteiger partial charge in [-0.3, -0.25) is 0 Å². The van der Waals surface area contributed by atoms with Crippen molar-refractivity contribution < 1.29 is 9.13 Å². The van der Waals surface area contributed by atoms with Gasteiger partial charge in [-0.05, 0) is 84.6 Å². The molecule has 0 spiro atoms. The molecule has 0 aliphatic heterocycles. The summed E-state index contributed by atoms with van der Waals surface area (Å²) in [4.78, 5) is 0. The molecule has 0 fully saturated rings. The van der Waals surface area contributed by atoms with Crippen LogP contribution < -0.4 is 9.75 Å². The Morgan fingerprint density at radius 1 is 0.781 bits per heavy atom. The lowest BCUT2D eigenvalue weighted by Gasteiger charge is -2.19. The highest BCUT2D eigenvalue weighted by Gasteiger charge is 2.09. The molecular formula is C28H25FN2O. The maximum Gasteiger partial charge on any atom is 0.125 e. The van der Waals surface area contributed by atoms with Crippen molar-refractivity contribution in [1.82, 2.24) is 0 Å². The summed E-state index contributed by atoms with van der Waals surface area (Å²) < 4.78 is 19.1. The van der Waals surface area contributed by atoms with Crippen molar-refractivity contribution in [2.45, 2.75) is 20.5 Å².